The standard InChI is InChI=1S/C14H17NO2/c16-9-4-7-14-12-17-10-8-15(14)11-13-5-2-1-3-6-13/h1-7,9,14H,8,10-12H2. The molecule has 1 atom stereocenters. The van der Waals surface area contributed by atoms with Gasteiger partial charge in [-0.2, -0.15) is 0 Å². The molecule has 1 saturated heterocycles. The molecule has 0 aromatic heterocycles. The van der Waals surface area contributed by atoms with E-state index in [1.807, 2.05) is 24.3 Å². The first-order valence-corrected chi connectivity index (χ1v) is 5.88. The summed E-state index contributed by atoms with van der Waals surface area (Å²) < 4.78 is 5.44. The summed E-state index contributed by atoms with van der Waals surface area (Å²) >= 11 is 0. The van der Waals surface area contributed by atoms with E-state index in [9.17, 15) is 4.79 Å². The average Bonchev–Trinajstić information content (AvgIpc) is 2.39. The van der Waals surface area contributed by atoms with Crippen molar-refractivity contribution in [1.29, 1.82) is 0 Å². The summed E-state index contributed by atoms with van der Waals surface area (Å²) in [6, 6.07) is 10.6. The molecule has 0 aliphatic carbocycles. The van der Waals surface area contributed by atoms with Gasteiger partial charge in [-0.25, -0.2) is 0 Å². The first-order valence-electron chi connectivity index (χ1n) is 5.88. The van der Waals surface area contributed by atoms with E-state index in [0.717, 1.165) is 26.0 Å². The number of hydrogen-bond acceptors (Lipinski definition) is 3. The number of morpholine rings is 1. The second kappa shape index (κ2) is 6.33. The van der Waals surface area contributed by atoms with Gasteiger partial charge in [-0.15, -0.1) is 0 Å². The van der Waals surface area contributed by atoms with Crippen LogP contribution < -0.4 is 0 Å². The molecule has 90 valence electrons. The molecule has 1 aliphatic heterocycles. The van der Waals surface area contributed by atoms with E-state index in [4.69, 9.17) is 4.74 Å². The van der Waals surface area contributed by atoms with Crippen molar-refractivity contribution >= 4 is 6.29 Å². The monoisotopic (exact) mass is 231 g/mol. The van der Waals surface area contributed by atoms with Gasteiger partial charge in [0, 0.05) is 13.1 Å². The largest absolute Gasteiger partial charge is 0.378 e. The first-order chi connectivity index (χ1) is 8.40. The zero-order chi connectivity index (χ0) is 11.9. The summed E-state index contributed by atoms with van der Waals surface area (Å²) in [7, 11) is 0. The molecule has 1 heterocycles. The van der Waals surface area contributed by atoms with E-state index in [2.05, 4.69) is 17.0 Å². The molecule has 17 heavy (non-hydrogen) atoms. The van der Waals surface area contributed by atoms with Gasteiger partial charge < -0.3 is 4.74 Å². The number of carbonyl (C=O) groups is 1. The lowest BCUT2D eigenvalue weighted by atomic mass is 10.1. The lowest BCUT2D eigenvalue weighted by Gasteiger charge is -2.33. The molecule has 1 aliphatic rings. The number of hydrogen-bond donors (Lipinski definition) is 0. The minimum atomic E-state index is 0.203. The predicted molar refractivity (Wildman–Crippen MR) is 66.7 cm³/mol. The highest BCUT2D eigenvalue weighted by Gasteiger charge is 2.20. The summed E-state index contributed by atoms with van der Waals surface area (Å²) in [4.78, 5) is 12.7. The minimum Gasteiger partial charge on any atom is -0.378 e. The molecule has 1 fully saturated rings. The normalized spacial score (nSPS) is 21.8. The van der Waals surface area contributed by atoms with Crippen molar-refractivity contribution < 1.29 is 9.53 Å². The third-order valence-electron chi connectivity index (χ3n) is 2.92. The number of aldehydes is 1. The van der Waals surface area contributed by atoms with E-state index in [1.54, 1.807) is 6.08 Å². The van der Waals surface area contributed by atoms with Gasteiger partial charge in [0.2, 0.25) is 0 Å². The van der Waals surface area contributed by atoms with E-state index in [1.165, 1.54) is 5.56 Å². The molecule has 0 saturated carbocycles. The zero-order valence-electron chi connectivity index (χ0n) is 9.79. The van der Waals surface area contributed by atoms with E-state index < -0.39 is 0 Å². The lowest BCUT2D eigenvalue weighted by molar-refractivity contribution is -0.104. The Kier molecular flexibility index (Phi) is 4.47. The van der Waals surface area contributed by atoms with Gasteiger partial charge in [-0.1, -0.05) is 36.4 Å². The highest BCUT2D eigenvalue weighted by Crippen LogP contribution is 2.13. The van der Waals surface area contributed by atoms with Crippen molar-refractivity contribution in [2.75, 3.05) is 19.8 Å². The topological polar surface area (TPSA) is 29.5 Å². The van der Waals surface area contributed by atoms with Gasteiger partial charge in [-0.05, 0) is 11.6 Å². The molecule has 0 N–H and O–H groups in total. The fraction of sp³-hybridized carbons (Fsp3) is 0.357. The molecule has 0 bridgehead atoms. The number of rotatable bonds is 4. The zero-order valence-corrected chi connectivity index (χ0v) is 9.79. The summed E-state index contributed by atoms with van der Waals surface area (Å²) in [5.74, 6) is 0. The Morgan fingerprint density at radius 2 is 2.18 bits per heavy atom. The molecular formula is C14H17NO2. The van der Waals surface area contributed by atoms with Gasteiger partial charge >= 0.3 is 0 Å². The molecule has 0 spiro atoms. The summed E-state index contributed by atoms with van der Waals surface area (Å²) in [5.41, 5.74) is 1.29. The van der Waals surface area contributed by atoms with Crippen LogP contribution in [0, 0.1) is 0 Å². The number of benzene rings is 1. The molecule has 1 unspecified atom stereocenters. The molecule has 2 rings (SSSR count). The van der Waals surface area contributed by atoms with Gasteiger partial charge in [0.05, 0.1) is 19.3 Å². The highest BCUT2D eigenvalue weighted by atomic mass is 16.5. The third-order valence-corrected chi connectivity index (χ3v) is 2.92. The van der Waals surface area contributed by atoms with Crippen LogP contribution in [0.4, 0.5) is 0 Å². The van der Waals surface area contributed by atoms with Crippen molar-refractivity contribution in [3.8, 4) is 0 Å². The van der Waals surface area contributed by atoms with Crippen LogP contribution >= 0.6 is 0 Å². The van der Waals surface area contributed by atoms with E-state index >= 15 is 0 Å². The predicted octanol–water partition coefficient (Wildman–Crippen LogP) is 1.64. The molecule has 0 radical (unpaired) electrons. The maximum Gasteiger partial charge on any atom is 0.142 e. The smallest absolute Gasteiger partial charge is 0.142 e. The first kappa shape index (κ1) is 12.0. The quantitative estimate of drug-likeness (QED) is 0.583. The average molecular weight is 231 g/mol. The van der Waals surface area contributed by atoms with Crippen LogP contribution in [0.1, 0.15) is 5.56 Å². The second-order valence-electron chi connectivity index (χ2n) is 4.12. The number of nitrogens with zero attached hydrogens (tertiary/aromatic N) is 1. The van der Waals surface area contributed by atoms with Gasteiger partial charge in [-0.3, -0.25) is 9.69 Å². The maximum atomic E-state index is 10.4. The van der Waals surface area contributed by atoms with Crippen LogP contribution in [-0.2, 0) is 16.1 Å². The van der Waals surface area contributed by atoms with Crippen LogP contribution in [0.2, 0.25) is 0 Å². The second-order valence-corrected chi connectivity index (χ2v) is 4.12. The fourth-order valence-electron chi connectivity index (χ4n) is 2.02. The van der Waals surface area contributed by atoms with Crippen molar-refractivity contribution in [3.05, 3.63) is 48.0 Å². The molecule has 1 aromatic rings. The Hall–Kier alpha value is -1.45. The Morgan fingerprint density at radius 1 is 1.35 bits per heavy atom. The Bertz CT molecular complexity index is 375. The van der Waals surface area contributed by atoms with E-state index in [0.29, 0.717) is 6.61 Å². The maximum absolute atomic E-state index is 10.4. The third kappa shape index (κ3) is 3.51. The van der Waals surface area contributed by atoms with Crippen LogP contribution in [0.15, 0.2) is 42.5 Å². The molecule has 0 amide bonds. The Labute approximate surface area is 102 Å². The van der Waals surface area contributed by atoms with Crippen LogP contribution in [0.3, 0.4) is 0 Å². The van der Waals surface area contributed by atoms with Gasteiger partial charge in [0.15, 0.2) is 0 Å². The molecule has 1 aromatic carbocycles. The van der Waals surface area contributed by atoms with Crippen LogP contribution in [0.25, 0.3) is 0 Å². The number of ether oxygens (including phenoxy) is 1. The van der Waals surface area contributed by atoms with Crippen LogP contribution in [0.5, 0.6) is 0 Å². The fourth-order valence-corrected chi connectivity index (χ4v) is 2.02. The summed E-state index contributed by atoms with van der Waals surface area (Å²) in [5, 5.41) is 0. The molecule has 3 heteroatoms. The number of allylic oxidation sites excluding steroid dienone is 1. The van der Waals surface area contributed by atoms with Crippen molar-refractivity contribution in [3.63, 3.8) is 0 Å². The molecule has 3 nitrogen and oxygen atoms in total. The summed E-state index contributed by atoms with van der Waals surface area (Å²) in [6.45, 7) is 3.23. The molecular weight excluding hydrogens is 214 g/mol. The van der Waals surface area contributed by atoms with Crippen molar-refractivity contribution in [2.45, 2.75) is 12.6 Å². The summed E-state index contributed by atoms with van der Waals surface area (Å²) in [6.07, 6.45) is 4.28. The minimum absolute atomic E-state index is 0.203. The van der Waals surface area contributed by atoms with Crippen molar-refractivity contribution in [2.24, 2.45) is 0 Å². The SMILES string of the molecule is O=CC=CC1COCCN1Cc1ccccc1. The Morgan fingerprint density at radius 3 is 2.94 bits per heavy atom. The van der Waals surface area contributed by atoms with Gasteiger partial charge in [0.25, 0.3) is 0 Å². The Balaban J connectivity index is 2.01. The number of carbonyl (C=O) groups excluding carboxylic acids is 1. The van der Waals surface area contributed by atoms with Crippen molar-refractivity contribution in [1.82, 2.24) is 4.90 Å². The lowest BCUT2D eigenvalue weighted by Crippen LogP contribution is -2.43. The highest BCUT2D eigenvalue weighted by molar-refractivity contribution is 5.64. The van der Waals surface area contributed by atoms with Crippen LogP contribution in [-0.4, -0.2) is 37.0 Å². The van der Waals surface area contributed by atoms with Gasteiger partial charge in [0.1, 0.15) is 6.29 Å². The van der Waals surface area contributed by atoms with E-state index in [-0.39, 0.29) is 6.04 Å².